The number of alkyl carbamates (subject to hydrolysis) is 1. The summed E-state index contributed by atoms with van der Waals surface area (Å²) in [5.41, 5.74) is 3.33. The first-order chi connectivity index (χ1) is 17.0. The van der Waals surface area contributed by atoms with Gasteiger partial charge in [0.05, 0.1) is 0 Å². The normalized spacial score (nSPS) is 23.0. The Hall–Kier alpha value is -3.39. The molecule has 0 radical (unpaired) electrons. The monoisotopic (exact) mass is 478 g/mol. The number of hydrogen-bond donors (Lipinski definition) is 2. The predicted molar refractivity (Wildman–Crippen MR) is 128 cm³/mol. The largest absolute Gasteiger partial charge is 0.479 e. The van der Waals surface area contributed by atoms with Gasteiger partial charge in [0.25, 0.3) is 0 Å². The van der Waals surface area contributed by atoms with Crippen molar-refractivity contribution in [3.8, 4) is 11.1 Å². The number of carbonyl (C=O) groups excluding carboxylic acids is 2. The predicted octanol–water partition coefficient (Wildman–Crippen LogP) is 3.40. The molecule has 3 aliphatic rings. The number of carboxylic acids is 1. The van der Waals surface area contributed by atoms with Crippen LogP contribution in [-0.4, -0.2) is 66.4 Å². The van der Waals surface area contributed by atoms with E-state index < -0.39 is 23.6 Å². The zero-order chi connectivity index (χ0) is 24.6. The Morgan fingerprint density at radius 3 is 2.40 bits per heavy atom. The van der Waals surface area contributed by atoms with Crippen LogP contribution in [0, 0.1) is 5.92 Å². The lowest BCUT2D eigenvalue weighted by Crippen LogP contribution is -2.57. The van der Waals surface area contributed by atoms with Crippen LogP contribution in [0.25, 0.3) is 11.1 Å². The molecule has 2 aliphatic carbocycles. The smallest absolute Gasteiger partial charge is 0.407 e. The number of hydrogen-bond acceptors (Lipinski definition) is 5. The fourth-order valence-corrected chi connectivity index (χ4v) is 5.83. The SMILES string of the molecule is COCCC(NC(=O)OCC1c2ccccc2-c2ccccc21)C(=O)N1CCC[C@@H]2C[C@@]21C(=O)O. The number of ether oxygens (including phenoxy) is 2. The first-order valence-corrected chi connectivity index (χ1v) is 12.1. The first-order valence-electron chi connectivity index (χ1n) is 12.1. The van der Waals surface area contributed by atoms with Crippen molar-refractivity contribution in [1.29, 1.82) is 0 Å². The number of nitrogens with zero attached hydrogens (tertiary/aromatic N) is 1. The first kappa shape index (κ1) is 23.4. The maximum Gasteiger partial charge on any atom is 0.407 e. The van der Waals surface area contributed by atoms with Crippen LogP contribution in [0.1, 0.15) is 42.7 Å². The number of nitrogens with one attached hydrogen (secondary N) is 1. The number of piperidine rings is 1. The van der Waals surface area contributed by atoms with E-state index in [2.05, 4.69) is 17.4 Å². The zero-order valence-corrected chi connectivity index (χ0v) is 19.7. The Kier molecular flexibility index (Phi) is 6.23. The molecule has 8 nitrogen and oxygen atoms in total. The number of likely N-dealkylation sites (tertiary alicyclic amines) is 1. The molecule has 184 valence electrons. The topological polar surface area (TPSA) is 105 Å². The summed E-state index contributed by atoms with van der Waals surface area (Å²) in [6.07, 6.45) is 1.56. The van der Waals surface area contributed by atoms with Gasteiger partial charge in [0.15, 0.2) is 0 Å². The van der Waals surface area contributed by atoms with Crippen molar-refractivity contribution in [2.75, 3.05) is 26.9 Å². The molecule has 2 fully saturated rings. The van der Waals surface area contributed by atoms with Crippen molar-refractivity contribution in [2.45, 2.75) is 43.2 Å². The molecule has 2 aromatic carbocycles. The van der Waals surface area contributed by atoms with Gasteiger partial charge in [-0.1, -0.05) is 48.5 Å². The summed E-state index contributed by atoms with van der Waals surface area (Å²) in [6.45, 7) is 0.755. The highest BCUT2D eigenvalue weighted by atomic mass is 16.5. The summed E-state index contributed by atoms with van der Waals surface area (Å²) in [5.74, 6) is -1.47. The van der Waals surface area contributed by atoms with Crippen LogP contribution < -0.4 is 5.32 Å². The standard InChI is InChI=1S/C27H30N2O6/c1-34-14-12-23(24(30)29-13-6-7-17-15-27(17,29)25(31)32)28-26(33)35-16-22-20-10-4-2-8-18(20)19-9-3-5-11-21(19)22/h2-5,8-11,17,22-23H,6-7,12-16H2,1H3,(H,28,33)(H,31,32)/t17-,23?,27+/m1/s1. The van der Waals surface area contributed by atoms with Crippen LogP contribution in [0.2, 0.25) is 0 Å². The summed E-state index contributed by atoms with van der Waals surface area (Å²) in [5, 5.41) is 12.5. The van der Waals surface area contributed by atoms with Crippen molar-refractivity contribution >= 4 is 18.0 Å². The minimum absolute atomic E-state index is 0.0183. The third kappa shape index (κ3) is 4.05. The third-order valence-electron chi connectivity index (χ3n) is 7.67. The van der Waals surface area contributed by atoms with Crippen LogP contribution in [0.3, 0.4) is 0 Å². The van der Waals surface area contributed by atoms with Crippen molar-refractivity contribution in [2.24, 2.45) is 5.92 Å². The fourth-order valence-electron chi connectivity index (χ4n) is 5.83. The maximum atomic E-state index is 13.4. The molecule has 1 saturated carbocycles. The second-order valence-electron chi connectivity index (χ2n) is 9.57. The highest BCUT2D eigenvalue weighted by Crippen LogP contribution is 2.54. The Balaban J connectivity index is 1.28. The number of carbonyl (C=O) groups is 3. The quantitative estimate of drug-likeness (QED) is 0.603. The number of fused-ring (bicyclic) bond motifs is 4. The van der Waals surface area contributed by atoms with E-state index in [9.17, 15) is 19.5 Å². The molecule has 3 atom stereocenters. The summed E-state index contributed by atoms with van der Waals surface area (Å²) < 4.78 is 10.8. The molecule has 8 heteroatoms. The van der Waals surface area contributed by atoms with E-state index in [-0.39, 0.29) is 37.4 Å². The zero-order valence-electron chi connectivity index (χ0n) is 19.7. The van der Waals surface area contributed by atoms with Crippen LogP contribution in [0.4, 0.5) is 4.79 Å². The number of benzene rings is 2. The number of aliphatic carboxylic acids is 1. The van der Waals surface area contributed by atoms with Gasteiger partial charge in [0.1, 0.15) is 18.2 Å². The Morgan fingerprint density at radius 1 is 1.11 bits per heavy atom. The van der Waals surface area contributed by atoms with E-state index in [1.165, 1.54) is 12.0 Å². The van der Waals surface area contributed by atoms with Gasteiger partial charge in [0, 0.05) is 32.6 Å². The number of rotatable bonds is 8. The Morgan fingerprint density at radius 2 is 1.77 bits per heavy atom. The van der Waals surface area contributed by atoms with Crippen LogP contribution in [-0.2, 0) is 19.1 Å². The van der Waals surface area contributed by atoms with Gasteiger partial charge >= 0.3 is 12.1 Å². The molecule has 5 rings (SSSR count). The average Bonchev–Trinajstić information content (AvgIpc) is 3.56. The minimum atomic E-state index is -1.14. The van der Waals surface area contributed by atoms with Crippen molar-refractivity contribution in [1.82, 2.24) is 10.2 Å². The lowest BCUT2D eigenvalue weighted by atomic mass is 9.98. The highest BCUT2D eigenvalue weighted by Gasteiger charge is 2.67. The van der Waals surface area contributed by atoms with Crippen LogP contribution in [0.15, 0.2) is 48.5 Å². The molecule has 1 aliphatic heterocycles. The van der Waals surface area contributed by atoms with Crippen LogP contribution in [0.5, 0.6) is 0 Å². The van der Waals surface area contributed by atoms with Gasteiger partial charge < -0.3 is 24.8 Å². The van der Waals surface area contributed by atoms with E-state index >= 15 is 0 Å². The second kappa shape index (κ2) is 9.34. The number of methoxy groups -OCH3 is 1. The highest BCUT2D eigenvalue weighted by molar-refractivity contribution is 5.94. The van der Waals surface area contributed by atoms with E-state index in [0.717, 1.165) is 35.1 Å². The second-order valence-corrected chi connectivity index (χ2v) is 9.57. The minimum Gasteiger partial charge on any atom is -0.479 e. The molecule has 0 bridgehead atoms. The molecular formula is C27H30N2O6. The van der Waals surface area contributed by atoms with Gasteiger partial charge in [-0.15, -0.1) is 0 Å². The van der Waals surface area contributed by atoms with E-state index in [1.807, 2.05) is 36.4 Å². The van der Waals surface area contributed by atoms with Gasteiger partial charge in [-0.2, -0.15) is 0 Å². The summed E-state index contributed by atoms with van der Waals surface area (Å²) >= 11 is 0. The molecule has 2 aromatic rings. The summed E-state index contributed by atoms with van der Waals surface area (Å²) in [6, 6.07) is 15.2. The summed E-state index contributed by atoms with van der Waals surface area (Å²) in [7, 11) is 1.52. The number of amides is 2. The lowest BCUT2D eigenvalue weighted by Gasteiger charge is -2.36. The van der Waals surface area contributed by atoms with Gasteiger partial charge in [-0.3, -0.25) is 4.79 Å². The fraction of sp³-hybridized carbons (Fsp3) is 0.444. The van der Waals surface area contributed by atoms with Crippen molar-refractivity contribution < 1.29 is 29.0 Å². The molecular weight excluding hydrogens is 448 g/mol. The molecule has 2 amide bonds. The van der Waals surface area contributed by atoms with Crippen LogP contribution >= 0.6 is 0 Å². The third-order valence-corrected chi connectivity index (χ3v) is 7.67. The molecule has 1 heterocycles. The van der Waals surface area contributed by atoms with Gasteiger partial charge in [-0.25, -0.2) is 9.59 Å². The Labute approximate surface area is 204 Å². The molecule has 1 saturated heterocycles. The lowest BCUT2D eigenvalue weighted by molar-refractivity contribution is -0.155. The van der Waals surface area contributed by atoms with Gasteiger partial charge in [0.2, 0.25) is 5.91 Å². The molecule has 1 unspecified atom stereocenters. The van der Waals surface area contributed by atoms with E-state index in [4.69, 9.17) is 9.47 Å². The Bertz CT molecular complexity index is 1100. The number of carboxylic acid groups (broad SMARTS) is 1. The summed E-state index contributed by atoms with van der Waals surface area (Å²) in [4.78, 5) is 39.7. The molecule has 35 heavy (non-hydrogen) atoms. The van der Waals surface area contributed by atoms with Crippen molar-refractivity contribution in [3.05, 3.63) is 59.7 Å². The average molecular weight is 479 g/mol. The molecule has 2 N–H and O–H groups in total. The van der Waals surface area contributed by atoms with E-state index in [1.54, 1.807) is 0 Å². The molecule has 0 spiro atoms. The van der Waals surface area contributed by atoms with Crippen molar-refractivity contribution in [3.63, 3.8) is 0 Å². The van der Waals surface area contributed by atoms with Gasteiger partial charge in [-0.05, 0) is 47.4 Å². The van der Waals surface area contributed by atoms with E-state index in [0.29, 0.717) is 13.0 Å². The molecule has 0 aromatic heterocycles. The maximum absolute atomic E-state index is 13.4.